The molecular formula is C10H14N4O2. The molecule has 0 saturated carbocycles. The topological polar surface area (TPSA) is 124 Å². The van der Waals surface area contributed by atoms with E-state index in [4.69, 9.17) is 17.2 Å². The highest BCUT2D eigenvalue weighted by Crippen LogP contribution is 2.08. The molecule has 1 aromatic rings. The zero-order chi connectivity index (χ0) is 12.1. The molecule has 0 fully saturated rings. The van der Waals surface area contributed by atoms with Gasteiger partial charge in [-0.25, -0.2) is 0 Å². The van der Waals surface area contributed by atoms with Crippen LogP contribution in [0, 0.1) is 0 Å². The van der Waals surface area contributed by atoms with Crippen LogP contribution in [0.15, 0.2) is 24.3 Å². The molecule has 16 heavy (non-hydrogen) atoms. The summed E-state index contributed by atoms with van der Waals surface area (Å²) in [7, 11) is 0. The Morgan fingerprint density at radius 2 is 1.75 bits per heavy atom. The largest absolute Gasteiger partial charge is 0.383 e. The Bertz CT molecular complexity index is 388. The van der Waals surface area contributed by atoms with Crippen LogP contribution < -0.4 is 22.5 Å². The van der Waals surface area contributed by atoms with Crippen LogP contribution in [0.4, 0.5) is 5.69 Å². The van der Waals surface area contributed by atoms with Gasteiger partial charge in [-0.3, -0.25) is 9.59 Å². The Morgan fingerprint density at radius 3 is 2.19 bits per heavy atom. The molecule has 7 N–H and O–H groups in total. The number of hydrogen-bond donors (Lipinski definition) is 4. The van der Waals surface area contributed by atoms with Gasteiger partial charge >= 0.3 is 0 Å². The minimum absolute atomic E-state index is 0.241. The highest BCUT2D eigenvalue weighted by Gasteiger charge is 2.08. The van der Waals surface area contributed by atoms with Crippen LogP contribution in [0.25, 0.3) is 0 Å². The summed E-state index contributed by atoms with van der Waals surface area (Å²) in [5.41, 5.74) is 16.7. The quantitative estimate of drug-likeness (QED) is 0.510. The predicted octanol–water partition coefficient (Wildman–Crippen LogP) is -0.990. The molecule has 0 bridgehead atoms. The van der Waals surface area contributed by atoms with Crippen molar-refractivity contribution < 1.29 is 9.59 Å². The minimum atomic E-state index is -0.740. The van der Waals surface area contributed by atoms with Crippen molar-refractivity contribution in [3.63, 3.8) is 0 Å². The van der Waals surface area contributed by atoms with Crippen LogP contribution in [0.3, 0.4) is 0 Å². The van der Waals surface area contributed by atoms with Crippen molar-refractivity contribution in [3.8, 4) is 0 Å². The molecule has 2 amide bonds. The fourth-order valence-electron chi connectivity index (χ4n) is 1.08. The van der Waals surface area contributed by atoms with Crippen molar-refractivity contribution in [3.05, 3.63) is 29.8 Å². The number of carbonyl (C=O) groups is 2. The van der Waals surface area contributed by atoms with Gasteiger partial charge in [-0.15, -0.1) is 0 Å². The SMILES string of the molecule is NC(=O)c1ccc(NCC(N)C(N)=O)cc1. The first-order valence-corrected chi connectivity index (χ1v) is 4.69. The number of amides is 2. The molecule has 0 heterocycles. The van der Waals surface area contributed by atoms with Crippen LogP contribution in [-0.4, -0.2) is 24.4 Å². The van der Waals surface area contributed by atoms with Crippen LogP contribution in [0.2, 0.25) is 0 Å². The van der Waals surface area contributed by atoms with Gasteiger partial charge < -0.3 is 22.5 Å². The number of rotatable bonds is 5. The van der Waals surface area contributed by atoms with Crippen LogP contribution >= 0.6 is 0 Å². The average Bonchev–Trinajstić information content (AvgIpc) is 2.26. The number of hydrogen-bond acceptors (Lipinski definition) is 4. The van der Waals surface area contributed by atoms with Gasteiger partial charge in [0.05, 0.1) is 0 Å². The lowest BCUT2D eigenvalue weighted by Gasteiger charge is -2.10. The minimum Gasteiger partial charge on any atom is -0.383 e. The summed E-state index contributed by atoms with van der Waals surface area (Å²) in [6, 6.07) is 5.78. The molecule has 0 aromatic heterocycles. The van der Waals surface area contributed by atoms with Gasteiger partial charge in [0.25, 0.3) is 0 Å². The second-order valence-corrected chi connectivity index (χ2v) is 3.33. The van der Waals surface area contributed by atoms with E-state index in [1.54, 1.807) is 24.3 Å². The van der Waals surface area contributed by atoms with Crippen molar-refractivity contribution in [1.29, 1.82) is 0 Å². The highest BCUT2D eigenvalue weighted by molar-refractivity contribution is 5.93. The van der Waals surface area contributed by atoms with E-state index in [0.29, 0.717) is 5.56 Å². The second-order valence-electron chi connectivity index (χ2n) is 3.33. The lowest BCUT2D eigenvalue weighted by atomic mass is 10.2. The van der Waals surface area contributed by atoms with Gasteiger partial charge in [-0.1, -0.05) is 0 Å². The Labute approximate surface area is 92.8 Å². The first-order chi connectivity index (χ1) is 7.50. The Hall–Kier alpha value is -2.08. The summed E-state index contributed by atoms with van der Waals surface area (Å²) >= 11 is 0. The first-order valence-electron chi connectivity index (χ1n) is 4.69. The normalized spacial score (nSPS) is 11.8. The number of anilines is 1. The van der Waals surface area contributed by atoms with Gasteiger partial charge in [-0.05, 0) is 24.3 Å². The van der Waals surface area contributed by atoms with E-state index in [0.717, 1.165) is 5.69 Å². The number of nitrogens with one attached hydrogen (secondary N) is 1. The molecule has 1 atom stereocenters. The van der Waals surface area contributed by atoms with Gasteiger partial charge in [0, 0.05) is 17.8 Å². The van der Waals surface area contributed by atoms with Crippen LogP contribution in [0.5, 0.6) is 0 Å². The van der Waals surface area contributed by atoms with Crippen molar-refractivity contribution in [2.75, 3.05) is 11.9 Å². The van der Waals surface area contributed by atoms with Gasteiger partial charge in [-0.2, -0.15) is 0 Å². The molecule has 1 aromatic carbocycles. The maximum Gasteiger partial charge on any atom is 0.248 e. The highest BCUT2D eigenvalue weighted by atomic mass is 16.1. The first kappa shape index (κ1) is 12.0. The van der Waals surface area contributed by atoms with Gasteiger partial charge in [0.2, 0.25) is 11.8 Å². The fourth-order valence-corrected chi connectivity index (χ4v) is 1.08. The summed E-state index contributed by atoms with van der Waals surface area (Å²) in [4.78, 5) is 21.4. The van der Waals surface area contributed by atoms with Crippen molar-refractivity contribution >= 4 is 17.5 Å². The van der Waals surface area contributed by atoms with E-state index in [1.807, 2.05) is 0 Å². The monoisotopic (exact) mass is 222 g/mol. The van der Waals surface area contributed by atoms with Crippen LogP contribution in [0.1, 0.15) is 10.4 Å². The standard InChI is InChI=1S/C10H14N4O2/c11-8(10(13)16)5-14-7-3-1-6(2-4-7)9(12)15/h1-4,8,14H,5,11H2,(H2,12,15)(H2,13,16). The molecule has 1 unspecified atom stereocenters. The lowest BCUT2D eigenvalue weighted by molar-refractivity contribution is -0.118. The van der Waals surface area contributed by atoms with Crippen molar-refractivity contribution in [2.45, 2.75) is 6.04 Å². The fraction of sp³-hybridized carbons (Fsp3) is 0.200. The Balaban J connectivity index is 2.56. The summed E-state index contributed by atoms with van der Waals surface area (Å²) < 4.78 is 0. The number of primary amides is 2. The molecular weight excluding hydrogens is 208 g/mol. The lowest BCUT2D eigenvalue weighted by Crippen LogP contribution is -2.41. The summed E-state index contributed by atoms with van der Waals surface area (Å²) in [5, 5.41) is 2.91. The third-order valence-electron chi connectivity index (χ3n) is 2.06. The Kier molecular flexibility index (Phi) is 3.84. The third-order valence-corrected chi connectivity index (χ3v) is 2.06. The van der Waals surface area contributed by atoms with Gasteiger partial charge in [0.15, 0.2) is 0 Å². The molecule has 0 spiro atoms. The Morgan fingerprint density at radius 1 is 1.19 bits per heavy atom. The molecule has 86 valence electrons. The zero-order valence-electron chi connectivity index (χ0n) is 8.64. The molecule has 0 aliphatic rings. The molecule has 1 rings (SSSR count). The average molecular weight is 222 g/mol. The summed E-state index contributed by atoms with van der Waals surface area (Å²) in [5.74, 6) is -1.05. The maximum absolute atomic E-state index is 10.8. The van der Waals surface area contributed by atoms with E-state index in [1.165, 1.54) is 0 Å². The third kappa shape index (κ3) is 3.25. The van der Waals surface area contributed by atoms with Crippen molar-refractivity contribution in [1.82, 2.24) is 0 Å². The number of benzene rings is 1. The predicted molar refractivity (Wildman–Crippen MR) is 60.6 cm³/mol. The molecule has 0 aliphatic carbocycles. The molecule has 0 aliphatic heterocycles. The van der Waals surface area contributed by atoms with E-state index >= 15 is 0 Å². The molecule has 0 saturated heterocycles. The van der Waals surface area contributed by atoms with E-state index in [2.05, 4.69) is 5.32 Å². The maximum atomic E-state index is 10.8. The molecule has 6 heteroatoms. The van der Waals surface area contributed by atoms with Gasteiger partial charge in [0.1, 0.15) is 6.04 Å². The van der Waals surface area contributed by atoms with E-state index < -0.39 is 17.9 Å². The summed E-state index contributed by atoms with van der Waals surface area (Å²) in [6.07, 6.45) is 0. The smallest absolute Gasteiger partial charge is 0.248 e. The van der Waals surface area contributed by atoms with E-state index in [-0.39, 0.29) is 6.54 Å². The van der Waals surface area contributed by atoms with Crippen LogP contribution in [-0.2, 0) is 4.79 Å². The molecule has 0 radical (unpaired) electrons. The van der Waals surface area contributed by atoms with Crippen molar-refractivity contribution in [2.24, 2.45) is 17.2 Å². The van der Waals surface area contributed by atoms with E-state index in [9.17, 15) is 9.59 Å². The number of nitrogens with two attached hydrogens (primary N) is 3. The second kappa shape index (κ2) is 5.13. The summed E-state index contributed by atoms with van der Waals surface area (Å²) in [6.45, 7) is 0.241. The number of carbonyl (C=O) groups excluding carboxylic acids is 2. The zero-order valence-corrected chi connectivity index (χ0v) is 8.64. The molecule has 6 nitrogen and oxygen atoms in total.